The minimum absolute atomic E-state index is 0.241. The first-order valence-corrected chi connectivity index (χ1v) is 12.3. The van der Waals surface area contributed by atoms with E-state index in [1.807, 2.05) is 78.3 Å². The molecule has 6 nitrogen and oxygen atoms in total. The Morgan fingerprint density at radius 2 is 1.89 bits per heavy atom. The molecular weight excluding hydrogens is 478 g/mol. The van der Waals surface area contributed by atoms with Crippen molar-refractivity contribution < 1.29 is 4.79 Å². The zero-order chi connectivity index (χ0) is 24.2. The van der Waals surface area contributed by atoms with Crippen LogP contribution in [-0.4, -0.2) is 20.9 Å². The lowest BCUT2D eigenvalue weighted by molar-refractivity contribution is 0.102. The number of aryl methyl sites for hydroxylation is 2. The van der Waals surface area contributed by atoms with Gasteiger partial charge in [0.15, 0.2) is 0 Å². The Bertz CT molecular complexity index is 1480. The highest BCUT2D eigenvalue weighted by Gasteiger charge is 2.12. The summed E-state index contributed by atoms with van der Waals surface area (Å²) in [5.74, 6) is -0.241. The summed E-state index contributed by atoms with van der Waals surface area (Å²) in [7, 11) is 0. The Morgan fingerprint density at radius 1 is 1.00 bits per heavy atom. The van der Waals surface area contributed by atoms with Gasteiger partial charge in [0, 0.05) is 27.6 Å². The van der Waals surface area contributed by atoms with E-state index in [0.29, 0.717) is 29.2 Å². The molecule has 0 spiro atoms. The average Bonchev–Trinajstić information content (AvgIpc) is 3.57. The molecule has 0 radical (unpaired) electrons. The van der Waals surface area contributed by atoms with E-state index < -0.39 is 0 Å². The summed E-state index contributed by atoms with van der Waals surface area (Å²) in [6, 6.07) is 24.8. The predicted molar refractivity (Wildman–Crippen MR) is 143 cm³/mol. The molecular formula is C27H22ClN5OS. The van der Waals surface area contributed by atoms with Gasteiger partial charge in [-0.1, -0.05) is 53.2 Å². The first-order chi connectivity index (χ1) is 17.0. The van der Waals surface area contributed by atoms with Crippen molar-refractivity contribution in [3.8, 4) is 21.7 Å². The molecule has 0 atom stereocenters. The molecule has 2 heterocycles. The van der Waals surface area contributed by atoms with Crippen molar-refractivity contribution in [2.24, 2.45) is 0 Å². The number of hydrogen-bond acceptors (Lipinski definition) is 5. The van der Waals surface area contributed by atoms with Gasteiger partial charge < -0.3 is 11.1 Å². The second-order valence-electron chi connectivity index (χ2n) is 8.06. The van der Waals surface area contributed by atoms with E-state index in [4.69, 9.17) is 17.3 Å². The van der Waals surface area contributed by atoms with Gasteiger partial charge in [0.25, 0.3) is 5.91 Å². The number of nitrogen functional groups attached to an aromatic ring is 1. The molecule has 3 N–H and O–H groups in total. The van der Waals surface area contributed by atoms with E-state index >= 15 is 0 Å². The number of hydrogen-bond donors (Lipinski definition) is 2. The van der Waals surface area contributed by atoms with Crippen molar-refractivity contribution in [2.75, 3.05) is 11.1 Å². The van der Waals surface area contributed by atoms with Crippen LogP contribution in [0.15, 0.2) is 90.4 Å². The Labute approximate surface area is 212 Å². The highest BCUT2D eigenvalue weighted by Crippen LogP contribution is 2.30. The van der Waals surface area contributed by atoms with Gasteiger partial charge in [-0.05, 0) is 65.4 Å². The number of carbonyl (C=O) groups is 1. The molecule has 0 aliphatic carbocycles. The lowest BCUT2D eigenvalue weighted by Crippen LogP contribution is -2.13. The molecule has 0 aliphatic heterocycles. The maximum absolute atomic E-state index is 13.0. The van der Waals surface area contributed by atoms with Crippen LogP contribution in [0.25, 0.3) is 21.7 Å². The minimum Gasteiger partial charge on any atom is -0.397 e. The van der Waals surface area contributed by atoms with Crippen molar-refractivity contribution in [3.05, 3.63) is 107 Å². The van der Waals surface area contributed by atoms with Crippen molar-refractivity contribution in [1.82, 2.24) is 15.0 Å². The zero-order valence-corrected chi connectivity index (χ0v) is 20.3. The number of amides is 1. The normalized spacial score (nSPS) is 10.9. The summed E-state index contributed by atoms with van der Waals surface area (Å²) in [6.45, 7) is 0.674. The minimum atomic E-state index is -0.241. The van der Waals surface area contributed by atoms with Gasteiger partial charge in [0.2, 0.25) is 0 Å². The van der Waals surface area contributed by atoms with Gasteiger partial charge in [0.1, 0.15) is 5.69 Å². The Balaban J connectivity index is 1.30. The summed E-state index contributed by atoms with van der Waals surface area (Å²) in [5, 5.41) is 14.2. The number of nitrogens with zero attached hydrogens (tertiary/aromatic N) is 3. The van der Waals surface area contributed by atoms with Crippen molar-refractivity contribution >= 4 is 40.2 Å². The monoisotopic (exact) mass is 499 g/mol. The largest absolute Gasteiger partial charge is 0.397 e. The number of nitrogens with one attached hydrogen (secondary N) is 1. The van der Waals surface area contributed by atoms with Crippen molar-refractivity contribution in [2.45, 2.75) is 13.0 Å². The molecule has 0 fully saturated rings. The Kier molecular flexibility index (Phi) is 6.61. The molecule has 0 bridgehead atoms. The smallest absolute Gasteiger partial charge is 0.255 e. The van der Waals surface area contributed by atoms with E-state index in [-0.39, 0.29) is 5.91 Å². The van der Waals surface area contributed by atoms with E-state index in [1.165, 1.54) is 0 Å². The number of thiophene rings is 1. The van der Waals surface area contributed by atoms with E-state index in [1.54, 1.807) is 28.2 Å². The zero-order valence-electron chi connectivity index (χ0n) is 18.7. The van der Waals surface area contributed by atoms with Crippen molar-refractivity contribution in [1.29, 1.82) is 0 Å². The quantitative estimate of drug-likeness (QED) is 0.253. The van der Waals surface area contributed by atoms with Crippen LogP contribution >= 0.6 is 22.9 Å². The number of aromatic nitrogens is 3. The number of benzene rings is 3. The molecule has 0 unspecified atom stereocenters. The predicted octanol–water partition coefficient (Wildman–Crippen LogP) is 6.40. The van der Waals surface area contributed by atoms with E-state index in [0.717, 1.165) is 33.0 Å². The molecule has 35 heavy (non-hydrogen) atoms. The third-order valence-electron chi connectivity index (χ3n) is 5.58. The maximum Gasteiger partial charge on any atom is 0.255 e. The standard InChI is InChI=1S/C27H22ClN5OS/c28-22-7-1-4-18(14-22)11-12-33-17-25(31-32-33)19-5-2-6-21(15-19)27(34)30-24-16-20(9-10-23(24)29)26-8-3-13-35-26/h1-10,13-17H,11-12,29H2,(H,30,34). The molecule has 5 rings (SSSR count). The van der Waals surface area contributed by atoms with Gasteiger partial charge in [-0.3, -0.25) is 9.48 Å². The number of rotatable bonds is 7. The molecule has 0 saturated carbocycles. The molecule has 174 valence electrons. The maximum atomic E-state index is 13.0. The molecule has 2 aromatic heterocycles. The summed E-state index contributed by atoms with van der Waals surface area (Å²) in [6.07, 6.45) is 2.67. The highest BCUT2D eigenvalue weighted by molar-refractivity contribution is 7.13. The fourth-order valence-electron chi connectivity index (χ4n) is 3.75. The summed E-state index contributed by atoms with van der Waals surface area (Å²) in [4.78, 5) is 14.1. The van der Waals surface area contributed by atoms with Crippen LogP contribution in [-0.2, 0) is 13.0 Å². The number of carbonyl (C=O) groups excluding carboxylic acids is 1. The van der Waals surface area contributed by atoms with Gasteiger partial charge >= 0.3 is 0 Å². The first kappa shape index (κ1) is 22.8. The highest BCUT2D eigenvalue weighted by atomic mass is 35.5. The fraction of sp³-hybridized carbons (Fsp3) is 0.0741. The van der Waals surface area contributed by atoms with Crippen LogP contribution in [0.2, 0.25) is 5.02 Å². The number of halogens is 1. The second kappa shape index (κ2) is 10.1. The molecule has 3 aromatic carbocycles. The third-order valence-corrected chi connectivity index (χ3v) is 6.74. The van der Waals surface area contributed by atoms with Gasteiger partial charge in [-0.2, -0.15) is 0 Å². The first-order valence-electron chi connectivity index (χ1n) is 11.0. The second-order valence-corrected chi connectivity index (χ2v) is 9.45. The Morgan fingerprint density at radius 3 is 2.71 bits per heavy atom. The fourth-order valence-corrected chi connectivity index (χ4v) is 4.69. The average molecular weight is 500 g/mol. The number of nitrogens with two attached hydrogens (primary N) is 1. The van der Waals surface area contributed by atoms with Crippen LogP contribution in [0, 0.1) is 0 Å². The van der Waals surface area contributed by atoms with Crippen LogP contribution in [0.4, 0.5) is 11.4 Å². The molecule has 8 heteroatoms. The van der Waals surface area contributed by atoms with Crippen LogP contribution in [0.1, 0.15) is 15.9 Å². The van der Waals surface area contributed by atoms with E-state index in [9.17, 15) is 4.79 Å². The van der Waals surface area contributed by atoms with Crippen LogP contribution in [0.3, 0.4) is 0 Å². The lowest BCUT2D eigenvalue weighted by Gasteiger charge is -2.10. The molecule has 0 saturated heterocycles. The van der Waals surface area contributed by atoms with Crippen LogP contribution < -0.4 is 11.1 Å². The van der Waals surface area contributed by atoms with Crippen LogP contribution in [0.5, 0.6) is 0 Å². The third kappa shape index (κ3) is 5.42. The van der Waals surface area contributed by atoms with Gasteiger partial charge in [0.05, 0.1) is 17.6 Å². The van der Waals surface area contributed by atoms with Gasteiger partial charge in [-0.25, -0.2) is 0 Å². The molecule has 0 aliphatic rings. The molecule has 5 aromatic rings. The topological polar surface area (TPSA) is 85.8 Å². The van der Waals surface area contributed by atoms with E-state index in [2.05, 4.69) is 15.6 Å². The summed E-state index contributed by atoms with van der Waals surface area (Å²) >= 11 is 7.70. The van der Waals surface area contributed by atoms with Gasteiger partial charge in [-0.15, -0.1) is 16.4 Å². The summed E-state index contributed by atoms with van der Waals surface area (Å²) < 4.78 is 1.79. The summed E-state index contributed by atoms with van der Waals surface area (Å²) in [5.41, 5.74) is 11.4. The SMILES string of the molecule is Nc1ccc(-c2cccs2)cc1NC(=O)c1cccc(-c2cn(CCc3cccc(Cl)c3)nn2)c1. The number of anilines is 2. The molecule has 1 amide bonds. The Hall–Kier alpha value is -3.94. The van der Waals surface area contributed by atoms with Crippen molar-refractivity contribution in [3.63, 3.8) is 0 Å². The lowest BCUT2D eigenvalue weighted by atomic mass is 10.1.